The summed E-state index contributed by atoms with van der Waals surface area (Å²) >= 11 is 1.33. The summed E-state index contributed by atoms with van der Waals surface area (Å²) in [7, 11) is 0. The Morgan fingerprint density at radius 1 is 1.43 bits per heavy atom. The van der Waals surface area contributed by atoms with E-state index < -0.39 is 0 Å². The van der Waals surface area contributed by atoms with Crippen LogP contribution in [0.5, 0.6) is 10.8 Å². The summed E-state index contributed by atoms with van der Waals surface area (Å²) in [5, 5.41) is 1.24. The molecule has 0 aliphatic rings. The van der Waals surface area contributed by atoms with Gasteiger partial charge >= 0.3 is 0 Å². The minimum atomic E-state index is 0.521. The average Bonchev–Trinajstić information content (AvgIpc) is 2.51. The molecular formula is C10H10N2OS. The molecule has 1 heterocycles. The molecule has 0 spiro atoms. The average molecular weight is 206 g/mol. The Kier molecular flexibility index (Phi) is 2.37. The molecular weight excluding hydrogens is 196 g/mol. The maximum atomic E-state index is 5.56. The Balaban J connectivity index is 2.18. The Labute approximate surface area is 86.2 Å². The normalized spacial score (nSPS) is 10.1. The number of nitrogen functional groups attached to an aromatic ring is 1. The number of thiazole rings is 1. The molecule has 2 aromatic rings. The third kappa shape index (κ3) is 2.03. The highest BCUT2D eigenvalue weighted by molar-refractivity contribution is 7.17. The van der Waals surface area contributed by atoms with Crippen molar-refractivity contribution in [3.63, 3.8) is 0 Å². The van der Waals surface area contributed by atoms with E-state index in [0.717, 1.165) is 5.75 Å². The number of nitrogens with two attached hydrogens (primary N) is 1. The third-order valence-electron chi connectivity index (χ3n) is 1.71. The zero-order chi connectivity index (χ0) is 9.97. The molecule has 2 N–H and O–H groups in total. The Morgan fingerprint density at radius 2 is 2.29 bits per heavy atom. The fourth-order valence-electron chi connectivity index (χ4n) is 1.11. The fraction of sp³-hybridized carbons (Fsp3) is 0.100. The van der Waals surface area contributed by atoms with Gasteiger partial charge < -0.3 is 10.5 Å². The van der Waals surface area contributed by atoms with E-state index in [1.807, 2.05) is 31.2 Å². The monoisotopic (exact) mass is 206 g/mol. The van der Waals surface area contributed by atoms with E-state index in [1.165, 1.54) is 16.9 Å². The molecule has 72 valence electrons. The van der Waals surface area contributed by atoms with Gasteiger partial charge in [-0.25, -0.2) is 4.98 Å². The maximum Gasteiger partial charge on any atom is 0.202 e. The van der Waals surface area contributed by atoms with Crippen molar-refractivity contribution in [2.24, 2.45) is 0 Å². The molecule has 0 unspecified atom stereocenters. The van der Waals surface area contributed by atoms with Gasteiger partial charge in [0.05, 0.1) is 6.20 Å². The van der Waals surface area contributed by atoms with Gasteiger partial charge in [-0.3, -0.25) is 0 Å². The van der Waals surface area contributed by atoms with Crippen LogP contribution in [0.15, 0.2) is 30.5 Å². The van der Waals surface area contributed by atoms with Gasteiger partial charge in [-0.1, -0.05) is 23.5 Å². The lowest BCUT2D eigenvalue weighted by Crippen LogP contribution is -1.80. The lowest BCUT2D eigenvalue weighted by molar-refractivity contribution is 0.495. The van der Waals surface area contributed by atoms with E-state index in [2.05, 4.69) is 4.98 Å². The lowest BCUT2D eigenvalue weighted by atomic mass is 10.2. The number of anilines is 1. The second-order valence-electron chi connectivity index (χ2n) is 2.94. The van der Waals surface area contributed by atoms with Crippen LogP contribution in [0.25, 0.3) is 0 Å². The van der Waals surface area contributed by atoms with Gasteiger partial charge in [0.2, 0.25) is 5.06 Å². The molecule has 0 amide bonds. The Morgan fingerprint density at radius 3 is 2.93 bits per heavy atom. The topological polar surface area (TPSA) is 48.1 Å². The smallest absolute Gasteiger partial charge is 0.202 e. The van der Waals surface area contributed by atoms with Gasteiger partial charge in [-0.15, -0.1) is 0 Å². The second-order valence-corrected chi connectivity index (χ2v) is 3.96. The van der Waals surface area contributed by atoms with Gasteiger partial charge in [-0.05, 0) is 24.6 Å². The number of hydrogen-bond donors (Lipinski definition) is 1. The molecule has 0 atom stereocenters. The summed E-state index contributed by atoms with van der Waals surface area (Å²) in [6, 6.07) is 7.85. The van der Waals surface area contributed by atoms with Crippen LogP contribution in [-0.4, -0.2) is 4.98 Å². The van der Waals surface area contributed by atoms with Crippen molar-refractivity contribution in [3.8, 4) is 10.8 Å². The molecule has 3 nitrogen and oxygen atoms in total. The first-order valence-corrected chi connectivity index (χ1v) is 5.01. The summed E-state index contributed by atoms with van der Waals surface area (Å²) in [6.07, 6.45) is 1.63. The van der Waals surface area contributed by atoms with Crippen LogP contribution in [0.4, 0.5) is 5.13 Å². The standard InChI is InChI=1S/C10H10N2OS/c1-7-3-2-4-8(5-7)13-9-6-12-10(11)14-9/h2-6H,1H3,(H2,11,12). The summed E-state index contributed by atoms with van der Waals surface area (Å²) < 4.78 is 5.56. The summed E-state index contributed by atoms with van der Waals surface area (Å²) in [5.41, 5.74) is 6.66. The number of aromatic nitrogens is 1. The van der Waals surface area contributed by atoms with Crippen LogP contribution in [0.2, 0.25) is 0 Å². The lowest BCUT2D eigenvalue weighted by Gasteiger charge is -2.01. The van der Waals surface area contributed by atoms with E-state index in [9.17, 15) is 0 Å². The summed E-state index contributed by atoms with van der Waals surface area (Å²) in [4.78, 5) is 3.91. The molecule has 2 rings (SSSR count). The molecule has 0 bridgehead atoms. The Hall–Kier alpha value is -1.55. The van der Waals surface area contributed by atoms with E-state index in [0.29, 0.717) is 10.2 Å². The number of nitrogens with zero attached hydrogens (tertiary/aromatic N) is 1. The molecule has 0 aliphatic carbocycles. The minimum absolute atomic E-state index is 0.521. The number of hydrogen-bond acceptors (Lipinski definition) is 4. The highest BCUT2D eigenvalue weighted by atomic mass is 32.1. The quantitative estimate of drug-likeness (QED) is 0.821. The number of ether oxygens (including phenoxy) is 1. The fourth-order valence-corrected chi connectivity index (χ4v) is 1.67. The van der Waals surface area contributed by atoms with Crippen LogP contribution in [0, 0.1) is 6.92 Å². The highest BCUT2D eigenvalue weighted by Crippen LogP contribution is 2.28. The summed E-state index contributed by atoms with van der Waals surface area (Å²) in [5.74, 6) is 0.814. The van der Waals surface area contributed by atoms with E-state index in [1.54, 1.807) is 6.20 Å². The SMILES string of the molecule is Cc1cccc(Oc2cnc(N)s2)c1. The number of aryl methyl sites for hydroxylation is 1. The summed E-state index contributed by atoms with van der Waals surface area (Å²) in [6.45, 7) is 2.02. The Bertz CT molecular complexity index is 439. The van der Waals surface area contributed by atoms with Crippen LogP contribution in [0.3, 0.4) is 0 Å². The molecule has 0 saturated carbocycles. The maximum absolute atomic E-state index is 5.56. The largest absolute Gasteiger partial charge is 0.445 e. The molecule has 0 saturated heterocycles. The van der Waals surface area contributed by atoms with Crippen LogP contribution < -0.4 is 10.5 Å². The molecule has 1 aromatic carbocycles. The van der Waals surface area contributed by atoms with Crippen molar-refractivity contribution in [2.45, 2.75) is 6.92 Å². The zero-order valence-electron chi connectivity index (χ0n) is 7.73. The van der Waals surface area contributed by atoms with Crippen molar-refractivity contribution >= 4 is 16.5 Å². The molecule has 0 fully saturated rings. The van der Waals surface area contributed by atoms with Crippen molar-refractivity contribution in [3.05, 3.63) is 36.0 Å². The van der Waals surface area contributed by atoms with Crippen molar-refractivity contribution in [2.75, 3.05) is 5.73 Å². The van der Waals surface area contributed by atoms with Crippen molar-refractivity contribution in [1.82, 2.24) is 4.98 Å². The van der Waals surface area contributed by atoms with Gasteiger partial charge in [0.15, 0.2) is 5.13 Å². The molecule has 14 heavy (non-hydrogen) atoms. The van der Waals surface area contributed by atoms with Crippen LogP contribution >= 0.6 is 11.3 Å². The van der Waals surface area contributed by atoms with Gasteiger partial charge in [-0.2, -0.15) is 0 Å². The highest BCUT2D eigenvalue weighted by Gasteiger charge is 2.00. The molecule has 0 radical (unpaired) electrons. The van der Waals surface area contributed by atoms with E-state index in [-0.39, 0.29) is 0 Å². The first-order valence-electron chi connectivity index (χ1n) is 4.20. The third-order valence-corrected chi connectivity index (χ3v) is 2.41. The van der Waals surface area contributed by atoms with Crippen molar-refractivity contribution in [1.29, 1.82) is 0 Å². The molecule has 1 aromatic heterocycles. The van der Waals surface area contributed by atoms with Crippen LogP contribution in [-0.2, 0) is 0 Å². The van der Waals surface area contributed by atoms with E-state index >= 15 is 0 Å². The van der Waals surface area contributed by atoms with Crippen molar-refractivity contribution < 1.29 is 4.74 Å². The van der Waals surface area contributed by atoms with Gasteiger partial charge in [0, 0.05) is 0 Å². The second kappa shape index (κ2) is 3.67. The predicted octanol–water partition coefficient (Wildman–Crippen LogP) is 2.83. The number of rotatable bonds is 2. The zero-order valence-corrected chi connectivity index (χ0v) is 8.54. The predicted molar refractivity (Wildman–Crippen MR) is 57.8 cm³/mol. The number of benzene rings is 1. The first kappa shape index (κ1) is 9.02. The van der Waals surface area contributed by atoms with Gasteiger partial charge in [0.25, 0.3) is 0 Å². The minimum Gasteiger partial charge on any atom is -0.445 e. The van der Waals surface area contributed by atoms with Crippen LogP contribution in [0.1, 0.15) is 5.56 Å². The molecule has 0 aliphatic heterocycles. The van der Waals surface area contributed by atoms with E-state index in [4.69, 9.17) is 10.5 Å². The molecule has 4 heteroatoms. The first-order chi connectivity index (χ1) is 6.74. The van der Waals surface area contributed by atoms with Gasteiger partial charge in [0.1, 0.15) is 5.75 Å².